The number of carboxylic acids is 1. The number of carbonyl (C=O) groups is 1. The number of halogens is 2. The predicted octanol–water partition coefficient (Wildman–Crippen LogP) is 4.52. The Labute approximate surface area is 182 Å². The molecule has 0 spiro atoms. The van der Waals surface area contributed by atoms with Gasteiger partial charge in [0.1, 0.15) is 15.5 Å². The zero-order valence-electron chi connectivity index (χ0n) is 16.1. The molecule has 0 aliphatic rings. The molecule has 0 amide bonds. The van der Waals surface area contributed by atoms with Gasteiger partial charge in [-0.2, -0.15) is 0 Å². The van der Waals surface area contributed by atoms with Crippen molar-refractivity contribution in [1.29, 1.82) is 0 Å². The summed E-state index contributed by atoms with van der Waals surface area (Å²) in [5.41, 5.74) is 6.82. The lowest BCUT2D eigenvalue weighted by Crippen LogP contribution is -2.24. The highest BCUT2D eigenvalue weighted by Crippen LogP contribution is 2.40. The summed E-state index contributed by atoms with van der Waals surface area (Å²) in [5, 5.41) is 10.6. The molecule has 0 radical (unpaired) electrons. The smallest absolute Gasteiger partial charge is 0.345 e. The second kappa shape index (κ2) is 8.71. The summed E-state index contributed by atoms with van der Waals surface area (Å²) in [5.74, 6) is -0.259. The van der Waals surface area contributed by atoms with Crippen LogP contribution in [-0.4, -0.2) is 53.2 Å². The summed E-state index contributed by atoms with van der Waals surface area (Å²) in [6.07, 6.45) is 0. The quantitative estimate of drug-likeness (QED) is 0.540. The van der Waals surface area contributed by atoms with Crippen molar-refractivity contribution in [2.75, 3.05) is 33.0 Å². The molecule has 154 valence electrons. The molecule has 10 heteroatoms. The first-order valence-corrected chi connectivity index (χ1v) is 10.3. The fourth-order valence-electron chi connectivity index (χ4n) is 2.98. The maximum absolute atomic E-state index is 11.4. The Morgan fingerprint density at radius 2 is 2.00 bits per heavy atom. The zero-order valence-corrected chi connectivity index (χ0v) is 18.4. The van der Waals surface area contributed by atoms with Gasteiger partial charge in [-0.25, -0.2) is 14.8 Å². The fraction of sp³-hybridized carbons (Fsp3) is 0.316. The molecule has 0 bridgehead atoms. The molecule has 3 aromatic rings. The van der Waals surface area contributed by atoms with E-state index in [1.165, 1.54) is 6.07 Å². The van der Waals surface area contributed by atoms with Crippen molar-refractivity contribution in [3.8, 4) is 17.0 Å². The number of aromatic carboxylic acids is 1. The van der Waals surface area contributed by atoms with Crippen LogP contribution >= 0.6 is 34.5 Å². The summed E-state index contributed by atoms with van der Waals surface area (Å²) in [7, 11) is 4.00. The van der Waals surface area contributed by atoms with Crippen molar-refractivity contribution in [3.05, 3.63) is 33.1 Å². The van der Waals surface area contributed by atoms with Crippen molar-refractivity contribution >= 4 is 56.7 Å². The number of thiophene rings is 1. The lowest BCUT2D eigenvalue weighted by atomic mass is 10.1. The number of carboxylic acid groups (broad SMARTS) is 1. The first kappa shape index (κ1) is 21.6. The van der Waals surface area contributed by atoms with Gasteiger partial charge in [-0.15, -0.1) is 11.3 Å². The number of hydrogen-bond acceptors (Lipinski definition) is 7. The van der Waals surface area contributed by atoms with Crippen molar-refractivity contribution in [2.45, 2.75) is 6.92 Å². The van der Waals surface area contributed by atoms with Crippen molar-refractivity contribution in [2.24, 2.45) is 5.92 Å². The Morgan fingerprint density at radius 1 is 1.28 bits per heavy atom. The summed E-state index contributed by atoms with van der Waals surface area (Å²) < 4.78 is 5.92. The number of benzene rings is 1. The maximum atomic E-state index is 11.4. The van der Waals surface area contributed by atoms with Crippen LogP contribution in [0.25, 0.3) is 21.5 Å². The van der Waals surface area contributed by atoms with E-state index in [1.54, 1.807) is 12.1 Å². The molecule has 29 heavy (non-hydrogen) atoms. The second-order valence-corrected chi connectivity index (χ2v) is 8.85. The van der Waals surface area contributed by atoms with Crippen LogP contribution in [0.15, 0.2) is 18.2 Å². The number of hydrogen-bond donors (Lipinski definition) is 2. The second-order valence-electron chi connectivity index (χ2n) is 7.01. The molecule has 0 saturated heterocycles. The molecule has 2 heterocycles. The number of fused-ring (bicyclic) bond motifs is 1. The lowest BCUT2D eigenvalue weighted by Gasteiger charge is -2.18. The normalized spacial score (nSPS) is 12.5. The van der Waals surface area contributed by atoms with E-state index < -0.39 is 5.97 Å². The highest BCUT2D eigenvalue weighted by atomic mass is 35.5. The van der Waals surface area contributed by atoms with E-state index in [-0.39, 0.29) is 16.7 Å². The third kappa shape index (κ3) is 4.90. The van der Waals surface area contributed by atoms with Gasteiger partial charge >= 0.3 is 5.97 Å². The Balaban J connectivity index is 2.03. The molecule has 3 N–H and O–H groups in total. The number of anilines is 1. The highest BCUT2D eigenvalue weighted by Gasteiger charge is 2.19. The average Bonchev–Trinajstić information content (AvgIpc) is 3.04. The van der Waals surface area contributed by atoms with E-state index in [1.807, 2.05) is 14.1 Å². The predicted molar refractivity (Wildman–Crippen MR) is 117 cm³/mol. The Bertz CT molecular complexity index is 1070. The number of nitrogens with two attached hydrogens (primary N) is 1. The highest BCUT2D eigenvalue weighted by molar-refractivity contribution is 7.20. The van der Waals surface area contributed by atoms with Crippen LogP contribution < -0.4 is 10.5 Å². The molecule has 0 fully saturated rings. The number of ether oxygens (including phenoxy) is 1. The van der Waals surface area contributed by atoms with Gasteiger partial charge in [0, 0.05) is 23.4 Å². The third-order valence-electron chi connectivity index (χ3n) is 4.10. The minimum atomic E-state index is -1.04. The van der Waals surface area contributed by atoms with E-state index in [2.05, 4.69) is 21.8 Å². The van der Waals surface area contributed by atoms with Gasteiger partial charge in [-0.1, -0.05) is 30.1 Å². The van der Waals surface area contributed by atoms with Crippen LogP contribution in [0.2, 0.25) is 10.0 Å². The minimum Gasteiger partial charge on any atom is -0.492 e. The van der Waals surface area contributed by atoms with Crippen molar-refractivity contribution < 1.29 is 14.6 Å². The summed E-state index contributed by atoms with van der Waals surface area (Å²) in [6.45, 7) is 3.42. The molecule has 0 aliphatic heterocycles. The standard InChI is InChI=1S/C19H20Cl2N4O3S/c1-9(7-25(2)3)8-28-14-4-10(12(20)6-13(14)21)16-11-5-15(18(26)27)29-17(11)24-19(22)23-16/h4-6,9H,7-8H2,1-3H3,(H,26,27)(H2,22,23,24). The van der Waals surface area contributed by atoms with Gasteiger partial charge in [-0.05, 0) is 32.3 Å². The summed E-state index contributed by atoms with van der Waals surface area (Å²) in [6, 6.07) is 4.80. The number of nitrogen functional groups attached to an aromatic ring is 1. The third-order valence-corrected chi connectivity index (χ3v) is 5.72. The lowest BCUT2D eigenvalue weighted by molar-refractivity contribution is 0.0702. The van der Waals surface area contributed by atoms with Crippen LogP contribution in [0.4, 0.5) is 5.95 Å². The van der Waals surface area contributed by atoms with E-state index in [0.29, 0.717) is 43.9 Å². The van der Waals surface area contributed by atoms with Crippen LogP contribution in [0.5, 0.6) is 5.75 Å². The molecular weight excluding hydrogens is 435 g/mol. The maximum Gasteiger partial charge on any atom is 0.345 e. The van der Waals surface area contributed by atoms with Crippen molar-refractivity contribution in [1.82, 2.24) is 14.9 Å². The number of nitrogens with zero attached hydrogens (tertiary/aromatic N) is 3. The summed E-state index contributed by atoms with van der Waals surface area (Å²) >= 11 is 13.8. The van der Waals surface area contributed by atoms with Crippen LogP contribution in [0.3, 0.4) is 0 Å². The average molecular weight is 455 g/mol. The Morgan fingerprint density at radius 3 is 2.66 bits per heavy atom. The fourth-order valence-corrected chi connectivity index (χ4v) is 4.38. The van der Waals surface area contributed by atoms with Crippen LogP contribution in [0.1, 0.15) is 16.6 Å². The monoisotopic (exact) mass is 454 g/mol. The zero-order chi connectivity index (χ0) is 21.3. The van der Waals surface area contributed by atoms with Crippen molar-refractivity contribution in [3.63, 3.8) is 0 Å². The van der Waals surface area contributed by atoms with E-state index in [0.717, 1.165) is 17.9 Å². The van der Waals surface area contributed by atoms with Gasteiger partial charge in [0.15, 0.2) is 0 Å². The largest absolute Gasteiger partial charge is 0.492 e. The van der Waals surface area contributed by atoms with Gasteiger partial charge in [0.05, 0.1) is 22.3 Å². The molecule has 0 saturated carbocycles. The SMILES string of the molecule is CC(COc1cc(-c2nc(N)nc3sc(C(=O)O)cc23)c(Cl)cc1Cl)CN(C)C. The van der Waals surface area contributed by atoms with E-state index in [4.69, 9.17) is 33.7 Å². The summed E-state index contributed by atoms with van der Waals surface area (Å²) in [4.78, 5) is 22.5. The minimum absolute atomic E-state index is 0.0272. The van der Waals surface area contributed by atoms with Gasteiger partial charge in [0.25, 0.3) is 0 Å². The molecule has 2 aromatic heterocycles. The van der Waals surface area contributed by atoms with Crippen LogP contribution in [-0.2, 0) is 0 Å². The van der Waals surface area contributed by atoms with Crippen LogP contribution in [0, 0.1) is 5.92 Å². The molecular formula is C19H20Cl2N4O3S. The Hall–Kier alpha value is -2.13. The Kier molecular flexibility index (Phi) is 6.48. The molecule has 0 aliphatic carbocycles. The first-order valence-electron chi connectivity index (χ1n) is 8.73. The number of rotatable bonds is 7. The molecule has 7 nitrogen and oxygen atoms in total. The van der Waals surface area contributed by atoms with Gasteiger partial charge in [0.2, 0.25) is 5.95 Å². The molecule has 1 unspecified atom stereocenters. The van der Waals surface area contributed by atoms with Gasteiger partial charge in [-0.3, -0.25) is 0 Å². The number of aromatic nitrogens is 2. The molecule has 3 rings (SSSR count). The topological polar surface area (TPSA) is 102 Å². The molecule has 1 aromatic carbocycles. The van der Waals surface area contributed by atoms with Gasteiger partial charge < -0.3 is 20.5 Å². The first-order chi connectivity index (χ1) is 13.7. The van der Waals surface area contributed by atoms with E-state index >= 15 is 0 Å². The molecule has 1 atom stereocenters. The van der Waals surface area contributed by atoms with E-state index in [9.17, 15) is 9.90 Å².